The van der Waals surface area contributed by atoms with Gasteiger partial charge in [-0.15, -0.1) is 0 Å². The molecule has 3 unspecified atom stereocenters. The molecule has 1 aromatic carbocycles. The molecule has 1 aliphatic heterocycles. The van der Waals surface area contributed by atoms with Crippen LogP contribution in [-0.4, -0.2) is 18.8 Å². The van der Waals surface area contributed by atoms with Crippen LogP contribution in [0, 0.1) is 5.82 Å². The summed E-state index contributed by atoms with van der Waals surface area (Å²) in [5, 5.41) is 0. The minimum Gasteiger partial charge on any atom is -0.491 e. The molecule has 2 rings (SSSR count). The van der Waals surface area contributed by atoms with Crippen molar-refractivity contribution in [1.29, 1.82) is 0 Å². The fourth-order valence-corrected chi connectivity index (χ4v) is 2.16. The Labute approximate surface area is 107 Å². The van der Waals surface area contributed by atoms with Crippen molar-refractivity contribution in [3.05, 3.63) is 29.6 Å². The van der Waals surface area contributed by atoms with Crippen molar-refractivity contribution in [3.63, 3.8) is 0 Å². The highest BCUT2D eigenvalue weighted by atomic mass is 19.1. The van der Waals surface area contributed by atoms with E-state index in [1.54, 1.807) is 19.1 Å². The first-order chi connectivity index (χ1) is 8.56. The predicted octanol–water partition coefficient (Wildman–Crippen LogP) is 2.79. The average Bonchev–Trinajstić information content (AvgIpc) is 2.72. The summed E-state index contributed by atoms with van der Waals surface area (Å²) in [6, 6.07) is 4.50. The highest BCUT2D eigenvalue weighted by Crippen LogP contribution is 2.23. The molecule has 0 aliphatic carbocycles. The Morgan fingerprint density at radius 3 is 2.83 bits per heavy atom. The normalized spacial score (nSPS) is 25.1. The SMILES string of the molecule is CC1CCC(COc2ccc(C(C)N)c(F)c2)O1. The summed E-state index contributed by atoms with van der Waals surface area (Å²) in [5.41, 5.74) is 6.16. The molecular weight excluding hydrogens is 233 g/mol. The van der Waals surface area contributed by atoms with Crippen LogP contribution in [0.1, 0.15) is 38.3 Å². The first kappa shape index (κ1) is 13.3. The van der Waals surface area contributed by atoms with Crippen LogP contribution < -0.4 is 10.5 Å². The number of nitrogens with two attached hydrogens (primary N) is 1. The van der Waals surface area contributed by atoms with E-state index in [4.69, 9.17) is 15.2 Å². The minimum atomic E-state index is -0.316. The molecule has 4 heteroatoms. The van der Waals surface area contributed by atoms with Crippen LogP contribution in [0.3, 0.4) is 0 Å². The van der Waals surface area contributed by atoms with Gasteiger partial charge in [0.25, 0.3) is 0 Å². The van der Waals surface area contributed by atoms with E-state index in [9.17, 15) is 4.39 Å². The van der Waals surface area contributed by atoms with Crippen molar-refractivity contribution in [2.75, 3.05) is 6.61 Å². The molecule has 0 spiro atoms. The van der Waals surface area contributed by atoms with Gasteiger partial charge in [-0.3, -0.25) is 0 Å². The first-order valence-electron chi connectivity index (χ1n) is 6.39. The van der Waals surface area contributed by atoms with Crippen LogP contribution in [0.2, 0.25) is 0 Å². The number of hydrogen-bond donors (Lipinski definition) is 1. The molecule has 3 atom stereocenters. The van der Waals surface area contributed by atoms with Crippen molar-refractivity contribution in [1.82, 2.24) is 0 Å². The quantitative estimate of drug-likeness (QED) is 0.897. The standard InChI is InChI=1S/C14H20FNO2/c1-9-3-4-12(18-9)8-17-11-5-6-13(10(2)16)14(15)7-11/h5-7,9-10,12H,3-4,8,16H2,1-2H3. The third-order valence-corrected chi connectivity index (χ3v) is 3.22. The van der Waals surface area contributed by atoms with Gasteiger partial charge in [-0.05, 0) is 32.8 Å². The van der Waals surface area contributed by atoms with Crippen LogP contribution in [-0.2, 0) is 4.74 Å². The van der Waals surface area contributed by atoms with Crippen LogP contribution >= 0.6 is 0 Å². The van der Waals surface area contributed by atoms with Crippen molar-refractivity contribution in [2.24, 2.45) is 5.73 Å². The maximum absolute atomic E-state index is 13.7. The Balaban J connectivity index is 1.92. The van der Waals surface area contributed by atoms with Gasteiger partial charge in [0, 0.05) is 17.7 Å². The Hall–Kier alpha value is -1.13. The third kappa shape index (κ3) is 3.21. The van der Waals surface area contributed by atoms with Crippen molar-refractivity contribution in [3.8, 4) is 5.75 Å². The second kappa shape index (κ2) is 5.67. The van der Waals surface area contributed by atoms with E-state index in [1.165, 1.54) is 6.07 Å². The summed E-state index contributed by atoms with van der Waals surface area (Å²) in [7, 11) is 0. The largest absolute Gasteiger partial charge is 0.491 e. The summed E-state index contributed by atoms with van der Waals surface area (Å²) in [4.78, 5) is 0. The maximum atomic E-state index is 13.7. The van der Waals surface area contributed by atoms with E-state index in [0.29, 0.717) is 24.0 Å². The summed E-state index contributed by atoms with van der Waals surface area (Å²) >= 11 is 0. The Kier molecular flexibility index (Phi) is 4.19. The zero-order chi connectivity index (χ0) is 13.1. The fourth-order valence-electron chi connectivity index (χ4n) is 2.16. The van der Waals surface area contributed by atoms with E-state index in [1.807, 2.05) is 0 Å². The van der Waals surface area contributed by atoms with Crippen molar-refractivity contribution >= 4 is 0 Å². The highest BCUT2D eigenvalue weighted by molar-refractivity contribution is 5.30. The van der Waals surface area contributed by atoms with Gasteiger partial charge < -0.3 is 15.2 Å². The first-order valence-corrected chi connectivity index (χ1v) is 6.39. The molecule has 0 aromatic heterocycles. The molecule has 0 radical (unpaired) electrons. The van der Waals surface area contributed by atoms with Gasteiger partial charge in [-0.25, -0.2) is 4.39 Å². The molecule has 0 bridgehead atoms. The van der Waals surface area contributed by atoms with Gasteiger partial charge in [-0.1, -0.05) is 6.07 Å². The zero-order valence-corrected chi connectivity index (χ0v) is 10.9. The average molecular weight is 253 g/mol. The van der Waals surface area contributed by atoms with Crippen LogP contribution in [0.15, 0.2) is 18.2 Å². The van der Waals surface area contributed by atoms with Gasteiger partial charge in [0.2, 0.25) is 0 Å². The van der Waals surface area contributed by atoms with Crippen LogP contribution in [0.5, 0.6) is 5.75 Å². The summed E-state index contributed by atoms with van der Waals surface area (Å²) in [6.07, 6.45) is 2.49. The van der Waals surface area contributed by atoms with E-state index in [2.05, 4.69) is 6.92 Å². The number of hydrogen-bond acceptors (Lipinski definition) is 3. The van der Waals surface area contributed by atoms with Crippen molar-refractivity contribution < 1.29 is 13.9 Å². The molecule has 0 amide bonds. The summed E-state index contributed by atoms with van der Waals surface area (Å²) < 4.78 is 24.9. The second-order valence-corrected chi connectivity index (χ2v) is 4.93. The third-order valence-electron chi connectivity index (χ3n) is 3.22. The molecule has 3 nitrogen and oxygen atoms in total. The van der Waals surface area contributed by atoms with Gasteiger partial charge in [0.05, 0.1) is 12.2 Å². The predicted molar refractivity (Wildman–Crippen MR) is 68.1 cm³/mol. The maximum Gasteiger partial charge on any atom is 0.131 e. The van der Waals surface area contributed by atoms with E-state index in [0.717, 1.165) is 12.8 Å². The highest BCUT2D eigenvalue weighted by Gasteiger charge is 2.22. The Morgan fingerprint density at radius 1 is 1.50 bits per heavy atom. The van der Waals surface area contributed by atoms with Gasteiger partial charge in [0.1, 0.15) is 18.2 Å². The van der Waals surface area contributed by atoms with Crippen molar-refractivity contribution in [2.45, 2.75) is 44.9 Å². The van der Waals surface area contributed by atoms with E-state index in [-0.39, 0.29) is 18.0 Å². The smallest absolute Gasteiger partial charge is 0.131 e. The lowest BCUT2D eigenvalue weighted by Crippen LogP contribution is -2.18. The zero-order valence-electron chi connectivity index (χ0n) is 10.9. The number of halogens is 1. The number of benzene rings is 1. The van der Waals surface area contributed by atoms with Gasteiger partial charge >= 0.3 is 0 Å². The summed E-state index contributed by atoms with van der Waals surface area (Å²) in [5.74, 6) is 0.211. The molecule has 1 heterocycles. The fraction of sp³-hybridized carbons (Fsp3) is 0.571. The van der Waals surface area contributed by atoms with E-state index < -0.39 is 0 Å². The lowest BCUT2D eigenvalue weighted by molar-refractivity contribution is 0.0264. The number of ether oxygens (including phenoxy) is 2. The van der Waals surface area contributed by atoms with Gasteiger partial charge in [0.15, 0.2) is 0 Å². The molecule has 100 valence electrons. The lowest BCUT2D eigenvalue weighted by atomic mass is 10.1. The number of rotatable bonds is 4. The van der Waals surface area contributed by atoms with Crippen LogP contribution in [0.4, 0.5) is 4.39 Å². The Bertz CT molecular complexity index is 409. The van der Waals surface area contributed by atoms with Gasteiger partial charge in [-0.2, -0.15) is 0 Å². The van der Waals surface area contributed by atoms with E-state index >= 15 is 0 Å². The molecule has 2 N–H and O–H groups in total. The molecule has 1 aliphatic rings. The Morgan fingerprint density at radius 2 is 2.28 bits per heavy atom. The second-order valence-electron chi connectivity index (χ2n) is 4.93. The minimum absolute atomic E-state index is 0.121. The monoisotopic (exact) mass is 253 g/mol. The molecule has 1 aromatic rings. The summed E-state index contributed by atoms with van der Waals surface area (Å²) in [6.45, 7) is 4.28. The molecule has 1 fully saturated rings. The molecular formula is C14H20FNO2. The molecule has 1 saturated heterocycles. The lowest BCUT2D eigenvalue weighted by Gasteiger charge is -2.14. The molecule has 0 saturated carbocycles. The topological polar surface area (TPSA) is 44.5 Å². The molecule has 18 heavy (non-hydrogen) atoms. The van der Waals surface area contributed by atoms with Crippen LogP contribution in [0.25, 0.3) is 0 Å².